The molecule has 42 heavy (non-hydrogen) atoms. The highest BCUT2D eigenvalue weighted by molar-refractivity contribution is 5.97. The summed E-state index contributed by atoms with van der Waals surface area (Å²) in [5.74, 6) is -1.43. The summed E-state index contributed by atoms with van der Waals surface area (Å²) in [7, 11) is 0. The molecular formula is C33H30N4O5. The summed E-state index contributed by atoms with van der Waals surface area (Å²) < 4.78 is 6.93. The van der Waals surface area contributed by atoms with Crippen molar-refractivity contribution in [1.82, 2.24) is 14.9 Å². The lowest BCUT2D eigenvalue weighted by Gasteiger charge is -2.15. The molecule has 0 bridgehead atoms. The maximum absolute atomic E-state index is 13.5. The minimum absolute atomic E-state index is 0.0793. The Labute approximate surface area is 242 Å². The topological polar surface area (TPSA) is 123 Å². The number of amides is 2. The van der Waals surface area contributed by atoms with E-state index in [1.807, 2.05) is 79.7 Å². The van der Waals surface area contributed by atoms with Crippen molar-refractivity contribution in [2.75, 3.05) is 11.9 Å². The number of benzene rings is 3. The van der Waals surface area contributed by atoms with Crippen molar-refractivity contribution in [2.45, 2.75) is 32.7 Å². The molecule has 0 radical (unpaired) electrons. The summed E-state index contributed by atoms with van der Waals surface area (Å²) in [6.45, 7) is 1.17. The first-order valence-corrected chi connectivity index (χ1v) is 13.6. The van der Waals surface area contributed by atoms with E-state index >= 15 is 0 Å². The molecule has 0 saturated heterocycles. The van der Waals surface area contributed by atoms with Gasteiger partial charge in [0.25, 0.3) is 11.4 Å². The molecule has 0 atom stereocenters. The Kier molecular flexibility index (Phi) is 8.67. The van der Waals surface area contributed by atoms with E-state index in [-0.39, 0.29) is 37.0 Å². The van der Waals surface area contributed by atoms with E-state index in [4.69, 9.17) is 4.42 Å². The number of para-hydroxylation sites is 1. The number of ketones is 1. The third-order valence-corrected chi connectivity index (χ3v) is 6.85. The Morgan fingerprint density at radius 3 is 2.26 bits per heavy atom. The zero-order chi connectivity index (χ0) is 29.5. The van der Waals surface area contributed by atoms with Crippen LogP contribution >= 0.6 is 0 Å². The van der Waals surface area contributed by atoms with Crippen molar-refractivity contribution in [3.05, 3.63) is 130 Å². The lowest BCUT2D eigenvalue weighted by atomic mass is 10.1. The summed E-state index contributed by atoms with van der Waals surface area (Å²) >= 11 is 0. The number of aryl methyl sites for hydroxylation is 2. The van der Waals surface area contributed by atoms with Crippen molar-refractivity contribution >= 4 is 34.4 Å². The number of aromatic nitrogens is 2. The van der Waals surface area contributed by atoms with E-state index in [0.717, 1.165) is 16.7 Å². The number of oxazole rings is 1. The van der Waals surface area contributed by atoms with E-state index in [2.05, 4.69) is 15.6 Å². The number of hydrogen-bond acceptors (Lipinski definition) is 6. The van der Waals surface area contributed by atoms with Gasteiger partial charge in [-0.2, -0.15) is 0 Å². The number of rotatable bonds is 11. The molecule has 0 saturated carbocycles. The van der Waals surface area contributed by atoms with Crippen molar-refractivity contribution in [2.24, 2.45) is 0 Å². The summed E-state index contributed by atoms with van der Waals surface area (Å²) in [4.78, 5) is 56.0. The second-order valence-corrected chi connectivity index (χ2v) is 9.97. The molecule has 2 amide bonds. The molecule has 0 aliphatic carbocycles. The van der Waals surface area contributed by atoms with Crippen LogP contribution in [0.1, 0.15) is 39.5 Å². The molecule has 2 heterocycles. The average Bonchev–Trinajstić information content (AvgIpc) is 3.45. The van der Waals surface area contributed by atoms with Crippen LogP contribution in [0, 0.1) is 6.92 Å². The highest BCUT2D eigenvalue weighted by Crippen LogP contribution is 2.19. The summed E-state index contributed by atoms with van der Waals surface area (Å²) in [5.41, 5.74) is 4.05. The average molecular weight is 563 g/mol. The highest BCUT2D eigenvalue weighted by atomic mass is 16.4. The predicted octanol–water partition coefficient (Wildman–Crippen LogP) is 4.46. The molecule has 0 fully saturated rings. The van der Waals surface area contributed by atoms with Crippen LogP contribution in [0.15, 0.2) is 100 Å². The second kappa shape index (κ2) is 12.9. The van der Waals surface area contributed by atoms with Gasteiger partial charge in [-0.3, -0.25) is 19.2 Å². The standard InChI is InChI=1S/C33H30N4O5/c1-22-9-8-14-26-31(22)42-32(36-26)28(38)20-34-30(40)21-37-25(19-24-12-6-3-7-13-24)16-17-27(33(37)41)35-29(39)18-15-23-10-4-2-5-11-23/h2-14,16-17H,15,18-21H2,1H3,(H,34,40)(H,35,39). The van der Waals surface area contributed by atoms with Gasteiger partial charge >= 0.3 is 0 Å². The van der Waals surface area contributed by atoms with E-state index in [0.29, 0.717) is 29.6 Å². The van der Waals surface area contributed by atoms with E-state index in [9.17, 15) is 19.2 Å². The Morgan fingerprint density at radius 1 is 0.833 bits per heavy atom. The van der Waals surface area contributed by atoms with Crippen molar-refractivity contribution in [1.29, 1.82) is 0 Å². The molecule has 2 N–H and O–H groups in total. The zero-order valence-electron chi connectivity index (χ0n) is 23.1. The third kappa shape index (κ3) is 6.87. The molecule has 5 aromatic rings. The van der Waals surface area contributed by atoms with E-state index < -0.39 is 17.2 Å². The molecule has 0 spiro atoms. The van der Waals surface area contributed by atoms with Crippen LogP contribution in [0.25, 0.3) is 11.1 Å². The van der Waals surface area contributed by atoms with E-state index in [1.54, 1.807) is 18.2 Å². The van der Waals surface area contributed by atoms with Gasteiger partial charge in [-0.05, 0) is 48.2 Å². The van der Waals surface area contributed by atoms with Gasteiger partial charge in [0.05, 0.1) is 6.54 Å². The maximum Gasteiger partial charge on any atom is 0.275 e. The van der Waals surface area contributed by atoms with Crippen molar-refractivity contribution in [3.8, 4) is 0 Å². The van der Waals surface area contributed by atoms with Gasteiger partial charge in [-0.1, -0.05) is 72.8 Å². The predicted molar refractivity (Wildman–Crippen MR) is 159 cm³/mol. The van der Waals surface area contributed by atoms with Gasteiger partial charge in [0.2, 0.25) is 17.6 Å². The third-order valence-electron chi connectivity index (χ3n) is 6.85. The summed E-state index contributed by atoms with van der Waals surface area (Å²) in [6.07, 6.45) is 1.13. The Bertz CT molecular complexity index is 1790. The number of nitrogens with zero attached hydrogens (tertiary/aromatic N) is 2. The Morgan fingerprint density at radius 2 is 1.55 bits per heavy atom. The van der Waals surface area contributed by atoms with Gasteiger partial charge in [-0.15, -0.1) is 0 Å². The second-order valence-electron chi connectivity index (χ2n) is 9.97. The van der Waals surface area contributed by atoms with E-state index in [1.165, 1.54) is 4.57 Å². The SMILES string of the molecule is Cc1cccc2nc(C(=O)CNC(=O)Cn3c(Cc4ccccc4)ccc(NC(=O)CCc4ccccc4)c3=O)oc12. The highest BCUT2D eigenvalue weighted by Gasteiger charge is 2.18. The Hall–Kier alpha value is -5.31. The van der Waals surface area contributed by atoms with Crippen molar-refractivity contribution in [3.63, 3.8) is 0 Å². The van der Waals surface area contributed by atoms with Gasteiger partial charge in [-0.25, -0.2) is 4.98 Å². The molecule has 0 aliphatic heterocycles. The maximum atomic E-state index is 13.5. The minimum atomic E-state index is -0.542. The molecule has 0 aliphatic rings. The van der Waals surface area contributed by atoms with Gasteiger partial charge < -0.3 is 19.6 Å². The van der Waals surface area contributed by atoms with Crippen LogP contribution in [-0.2, 0) is 29.0 Å². The fourth-order valence-corrected chi connectivity index (χ4v) is 4.62. The number of nitrogens with one attached hydrogen (secondary N) is 2. The first kappa shape index (κ1) is 28.2. The van der Waals surface area contributed by atoms with Gasteiger partial charge in [0.15, 0.2) is 5.58 Å². The molecular weight excluding hydrogens is 532 g/mol. The number of hydrogen-bond donors (Lipinski definition) is 2. The largest absolute Gasteiger partial charge is 0.433 e. The van der Waals surface area contributed by atoms with Gasteiger partial charge in [0, 0.05) is 18.5 Å². The number of carbonyl (C=O) groups excluding carboxylic acids is 3. The van der Waals surface area contributed by atoms with Gasteiger partial charge in [0.1, 0.15) is 17.7 Å². The molecule has 5 rings (SSSR count). The van der Waals surface area contributed by atoms with Crippen LogP contribution in [-0.4, -0.2) is 33.7 Å². The molecule has 9 nitrogen and oxygen atoms in total. The number of anilines is 1. The van der Waals surface area contributed by atoms with Crippen LogP contribution in [0.3, 0.4) is 0 Å². The first-order chi connectivity index (χ1) is 20.4. The normalized spacial score (nSPS) is 10.9. The zero-order valence-corrected chi connectivity index (χ0v) is 23.1. The molecule has 3 aromatic carbocycles. The molecule has 212 valence electrons. The fourth-order valence-electron chi connectivity index (χ4n) is 4.62. The number of carbonyl (C=O) groups is 3. The lowest BCUT2D eigenvalue weighted by Crippen LogP contribution is -2.37. The minimum Gasteiger partial charge on any atom is -0.433 e. The lowest BCUT2D eigenvalue weighted by molar-refractivity contribution is -0.121. The summed E-state index contributed by atoms with van der Waals surface area (Å²) in [6, 6.07) is 27.8. The molecule has 2 aromatic heterocycles. The van der Waals surface area contributed by atoms with Crippen molar-refractivity contribution < 1.29 is 18.8 Å². The quantitative estimate of drug-likeness (QED) is 0.229. The fraction of sp³-hybridized carbons (Fsp3) is 0.182. The number of fused-ring (bicyclic) bond motifs is 1. The Balaban J connectivity index is 1.30. The van der Waals surface area contributed by atoms with Crippen LogP contribution in [0.2, 0.25) is 0 Å². The van der Waals surface area contributed by atoms with Crippen LogP contribution in [0.4, 0.5) is 5.69 Å². The van der Waals surface area contributed by atoms with Crippen LogP contribution in [0.5, 0.6) is 0 Å². The number of Topliss-reactive ketones (excluding diaryl/α,β-unsaturated/α-hetero) is 1. The summed E-state index contributed by atoms with van der Waals surface area (Å²) in [5, 5.41) is 5.27. The molecule has 9 heteroatoms. The first-order valence-electron chi connectivity index (χ1n) is 13.6. The monoisotopic (exact) mass is 562 g/mol. The van der Waals surface area contributed by atoms with Crippen LogP contribution < -0.4 is 16.2 Å². The molecule has 0 unspecified atom stereocenters. The smallest absolute Gasteiger partial charge is 0.275 e. The number of pyridine rings is 1.